The minimum Gasteiger partial charge on any atom is -0.469 e. The smallest absolute Gasteiger partial charge is 0.307 e. The van der Waals surface area contributed by atoms with Crippen molar-refractivity contribution < 1.29 is 14.3 Å². The van der Waals surface area contributed by atoms with E-state index in [9.17, 15) is 9.59 Å². The van der Waals surface area contributed by atoms with Gasteiger partial charge in [-0.05, 0) is 24.3 Å². The van der Waals surface area contributed by atoms with Crippen molar-refractivity contribution in [3.63, 3.8) is 0 Å². The molecule has 2 aliphatic rings. The molecule has 2 heterocycles. The quantitative estimate of drug-likeness (QED) is 0.692. The van der Waals surface area contributed by atoms with Gasteiger partial charge in [-0.1, -0.05) is 30.3 Å². The lowest BCUT2D eigenvalue weighted by Gasteiger charge is -2.27. The number of methoxy groups -OCH3 is 1. The normalized spacial score (nSPS) is 16.3. The third-order valence-electron chi connectivity index (χ3n) is 5.65. The monoisotopic (exact) mass is 396 g/mol. The van der Waals surface area contributed by atoms with Gasteiger partial charge in [0, 0.05) is 50.4 Å². The predicted octanol–water partition coefficient (Wildman–Crippen LogP) is 2.14. The van der Waals surface area contributed by atoms with Gasteiger partial charge in [-0.2, -0.15) is 5.10 Å². The highest BCUT2D eigenvalue weighted by molar-refractivity contribution is 5.94. The Labute approximate surface area is 171 Å². The van der Waals surface area contributed by atoms with E-state index in [1.807, 2.05) is 6.07 Å². The first-order valence-corrected chi connectivity index (χ1v) is 10.3. The number of nitrogens with zero attached hydrogens (tertiary/aromatic N) is 3. The average Bonchev–Trinajstić information content (AvgIpc) is 3.48. The molecule has 1 N–H and O–H groups in total. The molecule has 1 aliphatic carbocycles. The van der Waals surface area contributed by atoms with Crippen LogP contribution in [0.3, 0.4) is 0 Å². The highest BCUT2D eigenvalue weighted by atomic mass is 16.5. The Bertz CT molecular complexity index is 874. The maximum absolute atomic E-state index is 12.8. The summed E-state index contributed by atoms with van der Waals surface area (Å²) in [5.74, 6) is 0.151. The second kappa shape index (κ2) is 8.78. The number of hydrogen-bond acceptors (Lipinski definition) is 5. The van der Waals surface area contributed by atoms with Crippen molar-refractivity contribution in [3.8, 4) is 0 Å². The molecule has 7 nitrogen and oxygen atoms in total. The molecule has 1 fully saturated rings. The number of carbonyl (C=O) groups is 2. The summed E-state index contributed by atoms with van der Waals surface area (Å²) in [5, 5.41) is 7.52. The molecule has 1 saturated carbocycles. The van der Waals surface area contributed by atoms with Gasteiger partial charge < -0.3 is 10.1 Å². The van der Waals surface area contributed by atoms with E-state index in [2.05, 4.69) is 43.9 Å². The summed E-state index contributed by atoms with van der Waals surface area (Å²) in [7, 11) is 1.35. The van der Waals surface area contributed by atoms with Crippen molar-refractivity contribution in [3.05, 3.63) is 52.8 Å². The Morgan fingerprint density at radius 3 is 2.76 bits per heavy atom. The van der Waals surface area contributed by atoms with Gasteiger partial charge in [0.1, 0.15) is 0 Å². The molecule has 4 rings (SSSR count). The number of esters is 1. The van der Waals surface area contributed by atoms with Crippen LogP contribution in [-0.2, 0) is 35.6 Å². The molecule has 0 atom stereocenters. The van der Waals surface area contributed by atoms with Gasteiger partial charge >= 0.3 is 5.97 Å². The van der Waals surface area contributed by atoms with E-state index >= 15 is 0 Å². The van der Waals surface area contributed by atoms with E-state index in [0.29, 0.717) is 18.2 Å². The van der Waals surface area contributed by atoms with Gasteiger partial charge in [0.15, 0.2) is 5.69 Å². The molecular weight excluding hydrogens is 368 g/mol. The molecular formula is C22H28N4O3. The van der Waals surface area contributed by atoms with Gasteiger partial charge in [0.05, 0.1) is 13.5 Å². The first kappa shape index (κ1) is 19.6. The van der Waals surface area contributed by atoms with Crippen molar-refractivity contribution in [1.29, 1.82) is 0 Å². The molecule has 1 aromatic heterocycles. The van der Waals surface area contributed by atoms with Crippen molar-refractivity contribution >= 4 is 11.9 Å². The lowest BCUT2D eigenvalue weighted by molar-refractivity contribution is -0.140. The van der Waals surface area contributed by atoms with Crippen molar-refractivity contribution in [1.82, 2.24) is 20.0 Å². The lowest BCUT2D eigenvalue weighted by Crippen LogP contribution is -2.33. The highest BCUT2D eigenvalue weighted by Gasteiger charge is 2.30. The Morgan fingerprint density at radius 2 is 2.03 bits per heavy atom. The zero-order valence-electron chi connectivity index (χ0n) is 16.9. The Kier molecular flexibility index (Phi) is 5.94. The summed E-state index contributed by atoms with van der Waals surface area (Å²) in [6.07, 6.45) is 3.55. The summed E-state index contributed by atoms with van der Waals surface area (Å²) in [4.78, 5) is 26.5. The molecule has 0 bridgehead atoms. The maximum atomic E-state index is 12.8. The van der Waals surface area contributed by atoms with E-state index in [4.69, 9.17) is 5.10 Å². The van der Waals surface area contributed by atoms with Gasteiger partial charge in [0.2, 0.25) is 0 Å². The summed E-state index contributed by atoms with van der Waals surface area (Å²) >= 11 is 0. The largest absolute Gasteiger partial charge is 0.469 e. The summed E-state index contributed by atoms with van der Waals surface area (Å²) in [5.41, 5.74) is 4.00. The first-order valence-electron chi connectivity index (χ1n) is 10.3. The number of carbonyl (C=O) groups excluding carboxylic acids is 2. The number of rotatable bonds is 8. The molecule has 1 amide bonds. The molecule has 0 saturated heterocycles. The third-order valence-corrected chi connectivity index (χ3v) is 5.65. The molecule has 29 heavy (non-hydrogen) atoms. The zero-order valence-corrected chi connectivity index (χ0v) is 16.9. The minimum absolute atomic E-state index is 0.160. The predicted molar refractivity (Wildman–Crippen MR) is 108 cm³/mol. The van der Waals surface area contributed by atoms with E-state index in [-0.39, 0.29) is 24.8 Å². The molecule has 7 heteroatoms. The van der Waals surface area contributed by atoms with E-state index in [0.717, 1.165) is 31.6 Å². The van der Waals surface area contributed by atoms with Gasteiger partial charge in [0.25, 0.3) is 5.91 Å². The van der Waals surface area contributed by atoms with E-state index in [1.165, 1.54) is 31.2 Å². The van der Waals surface area contributed by atoms with Gasteiger partial charge in [-0.25, -0.2) is 0 Å². The number of aromatic nitrogens is 2. The number of ether oxygens (including phenoxy) is 1. The number of benzene rings is 1. The molecule has 1 aromatic carbocycles. The second-order valence-corrected chi connectivity index (χ2v) is 7.93. The summed E-state index contributed by atoms with van der Waals surface area (Å²) < 4.78 is 6.69. The number of fused-ring (bicyclic) bond motifs is 1. The Balaban J connectivity index is 1.50. The van der Waals surface area contributed by atoms with Crippen molar-refractivity contribution in [2.45, 2.75) is 45.3 Å². The first-order chi connectivity index (χ1) is 14.1. The summed E-state index contributed by atoms with van der Waals surface area (Å²) in [6.45, 7) is 3.69. The fourth-order valence-electron chi connectivity index (χ4n) is 3.87. The van der Waals surface area contributed by atoms with Crippen LogP contribution in [0.25, 0.3) is 0 Å². The van der Waals surface area contributed by atoms with Crippen LogP contribution in [0.1, 0.15) is 46.6 Å². The number of nitrogens with one attached hydrogen (secondary N) is 1. The van der Waals surface area contributed by atoms with E-state index in [1.54, 1.807) is 0 Å². The fraction of sp³-hybridized carbons (Fsp3) is 0.500. The van der Waals surface area contributed by atoms with Crippen LogP contribution in [-0.4, -0.2) is 46.8 Å². The van der Waals surface area contributed by atoms with Gasteiger partial charge in [-0.15, -0.1) is 0 Å². The fourth-order valence-corrected chi connectivity index (χ4v) is 3.87. The summed E-state index contributed by atoms with van der Waals surface area (Å²) in [6, 6.07) is 10.4. The zero-order chi connectivity index (χ0) is 20.2. The van der Waals surface area contributed by atoms with Crippen LogP contribution < -0.4 is 5.32 Å². The molecule has 1 aliphatic heterocycles. The number of hydrogen-bond donors (Lipinski definition) is 1. The maximum Gasteiger partial charge on any atom is 0.307 e. The van der Waals surface area contributed by atoms with Crippen LogP contribution in [0.4, 0.5) is 0 Å². The SMILES string of the molecule is COC(=O)CCNC(=O)c1nn(CC2CC2)c2c1CN(Cc1ccccc1)CC2. The van der Waals surface area contributed by atoms with Crippen LogP contribution in [0.15, 0.2) is 30.3 Å². The minimum atomic E-state index is -0.333. The molecule has 0 unspecified atom stereocenters. The molecule has 154 valence electrons. The molecule has 0 radical (unpaired) electrons. The third kappa shape index (κ3) is 4.85. The average molecular weight is 396 g/mol. The highest BCUT2D eigenvalue weighted by Crippen LogP contribution is 2.32. The van der Waals surface area contributed by atoms with Crippen LogP contribution in [0.2, 0.25) is 0 Å². The second-order valence-electron chi connectivity index (χ2n) is 7.93. The Morgan fingerprint density at radius 1 is 1.24 bits per heavy atom. The number of amides is 1. The van der Waals surface area contributed by atoms with Crippen LogP contribution in [0, 0.1) is 5.92 Å². The van der Waals surface area contributed by atoms with Gasteiger partial charge in [-0.3, -0.25) is 19.2 Å². The molecule has 0 spiro atoms. The van der Waals surface area contributed by atoms with Crippen LogP contribution in [0.5, 0.6) is 0 Å². The van der Waals surface area contributed by atoms with Crippen molar-refractivity contribution in [2.75, 3.05) is 20.2 Å². The van der Waals surface area contributed by atoms with Crippen LogP contribution >= 0.6 is 0 Å². The van der Waals surface area contributed by atoms with Crippen molar-refractivity contribution in [2.24, 2.45) is 5.92 Å². The lowest BCUT2D eigenvalue weighted by atomic mass is 10.0. The Hall–Kier alpha value is -2.67. The van der Waals surface area contributed by atoms with E-state index < -0.39 is 0 Å². The topological polar surface area (TPSA) is 76.5 Å². The molecule has 2 aromatic rings. The standard InChI is InChI=1S/C22H28N4O3/c1-29-20(27)9-11-23-22(28)21-18-15-25(13-16-5-3-2-4-6-16)12-10-19(18)26(24-21)14-17-7-8-17/h2-6,17H,7-15H2,1H3,(H,23,28).